The first-order valence-electron chi connectivity index (χ1n) is 2.62. The number of hydrogen-bond donors (Lipinski definition) is 0. The van der Waals surface area contributed by atoms with Gasteiger partial charge in [0.15, 0.2) is 0 Å². The molecular formula is C6H9FO2S. The Balaban J connectivity index is 4.37. The van der Waals surface area contributed by atoms with Gasteiger partial charge in [0, 0.05) is 0 Å². The second kappa shape index (κ2) is 4.33. The van der Waals surface area contributed by atoms with E-state index < -0.39 is 11.8 Å². The lowest BCUT2D eigenvalue weighted by atomic mass is 10.5. The fraction of sp³-hybridized carbons (Fsp3) is 0.500. The van der Waals surface area contributed by atoms with Crippen molar-refractivity contribution < 1.29 is 13.9 Å². The van der Waals surface area contributed by atoms with Crippen LogP contribution in [0.2, 0.25) is 0 Å². The summed E-state index contributed by atoms with van der Waals surface area (Å²) in [6.45, 7) is 1.22. The minimum absolute atomic E-state index is 0.0301. The molecule has 0 amide bonds. The molecule has 0 radical (unpaired) electrons. The molecule has 0 aliphatic rings. The quantitative estimate of drug-likeness (QED) is 0.459. The van der Waals surface area contributed by atoms with E-state index in [4.69, 9.17) is 0 Å². The van der Waals surface area contributed by atoms with Crippen molar-refractivity contribution >= 4 is 17.7 Å². The van der Waals surface area contributed by atoms with Gasteiger partial charge in [-0.05, 0) is 13.2 Å². The Morgan fingerprint density at radius 1 is 1.60 bits per heavy atom. The van der Waals surface area contributed by atoms with Crippen LogP contribution < -0.4 is 0 Å². The van der Waals surface area contributed by atoms with Crippen LogP contribution in [0, 0.1) is 0 Å². The molecule has 0 heterocycles. The first-order valence-corrected chi connectivity index (χ1v) is 3.84. The second-order valence-electron chi connectivity index (χ2n) is 1.56. The van der Waals surface area contributed by atoms with Crippen LogP contribution in [0.1, 0.15) is 6.92 Å². The van der Waals surface area contributed by atoms with E-state index in [2.05, 4.69) is 4.74 Å². The minimum atomic E-state index is -0.618. The van der Waals surface area contributed by atoms with E-state index in [1.165, 1.54) is 14.0 Å². The van der Waals surface area contributed by atoms with E-state index in [9.17, 15) is 9.18 Å². The maximum atomic E-state index is 12.4. The number of allylic oxidation sites excluding steroid dienone is 1. The summed E-state index contributed by atoms with van der Waals surface area (Å²) in [5, 5.41) is 0. The predicted molar refractivity (Wildman–Crippen MR) is 39.3 cm³/mol. The van der Waals surface area contributed by atoms with Gasteiger partial charge < -0.3 is 4.74 Å². The van der Waals surface area contributed by atoms with Gasteiger partial charge in [-0.15, -0.1) is 11.8 Å². The molecule has 0 aliphatic heterocycles. The van der Waals surface area contributed by atoms with E-state index in [-0.39, 0.29) is 4.91 Å². The maximum absolute atomic E-state index is 12.4. The van der Waals surface area contributed by atoms with Gasteiger partial charge >= 0.3 is 5.97 Å². The summed E-state index contributed by atoms with van der Waals surface area (Å²) in [6.07, 6.45) is 1.62. The molecule has 0 fully saturated rings. The number of halogens is 1. The molecule has 0 bridgehead atoms. The van der Waals surface area contributed by atoms with E-state index in [1.54, 1.807) is 6.26 Å². The summed E-state index contributed by atoms with van der Waals surface area (Å²) in [6, 6.07) is 0. The van der Waals surface area contributed by atoms with Gasteiger partial charge in [-0.25, -0.2) is 9.18 Å². The molecule has 0 spiro atoms. The highest BCUT2D eigenvalue weighted by atomic mass is 32.2. The monoisotopic (exact) mass is 164 g/mol. The molecule has 4 heteroatoms. The highest BCUT2D eigenvalue weighted by Crippen LogP contribution is 2.18. The normalized spacial score (nSPS) is 12.4. The number of thioether (sulfide) groups is 1. The number of carbonyl (C=O) groups is 1. The van der Waals surface area contributed by atoms with Crippen molar-refractivity contribution in [1.29, 1.82) is 0 Å². The fourth-order valence-corrected chi connectivity index (χ4v) is 0.989. The zero-order chi connectivity index (χ0) is 8.15. The van der Waals surface area contributed by atoms with Crippen molar-refractivity contribution in [2.75, 3.05) is 13.4 Å². The molecule has 2 nitrogen and oxygen atoms in total. The van der Waals surface area contributed by atoms with Crippen LogP contribution >= 0.6 is 11.8 Å². The fourth-order valence-electron chi connectivity index (χ4n) is 0.457. The van der Waals surface area contributed by atoms with Gasteiger partial charge in [-0.2, -0.15) is 0 Å². The van der Waals surface area contributed by atoms with Crippen molar-refractivity contribution in [3.8, 4) is 0 Å². The Morgan fingerprint density at radius 2 is 2.10 bits per heavy atom. The number of rotatable bonds is 2. The highest BCUT2D eigenvalue weighted by molar-refractivity contribution is 8.03. The van der Waals surface area contributed by atoms with Crippen LogP contribution in [0.5, 0.6) is 0 Å². The summed E-state index contributed by atoms with van der Waals surface area (Å²) in [5.41, 5.74) is 0. The van der Waals surface area contributed by atoms with E-state index >= 15 is 0 Å². The summed E-state index contributed by atoms with van der Waals surface area (Å²) >= 11 is 1.04. The van der Waals surface area contributed by atoms with E-state index in [0.717, 1.165) is 11.8 Å². The third-order valence-electron chi connectivity index (χ3n) is 0.888. The lowest BCUT2D eigenvalue weighted by molar-refractivity contribution is -0.135. The molecule has 0 N–H and O–H groups in total. The van der Waals surface area contributed by atoms with Crippen LogP contribution in [0.25, 0.3) is 0 Å². The maximum Gasteiger partial charge on any atom is 0.346 e. The average molecular weight is 164 g/mol. The summed E-state index contributed by atoms with van der Waals surface area (Å²) < 4.78 is 16.7. The van der Waals surface area contributed by atoms with Gasteiger partial charge in [0.05, 0.1) is 7.11 Å². The Bertz CT molecular complexity index is 161. The smallest absolute Gasteiger partial charge is 0.346 e. The predicted octanol–water partition coefficient (Wildman–Crippen LogP) is 1.72. The number of ether oxygens (including phenoxy) is 1. The first kappa shape index (κ1) is 9.49. The van der Waals surface area contributed by atoms with Crippen LogP contribution in [0.3, 0.4) is 0 Å². The minimum Gasteiger partial charge on any atom is -0.465 e. The average Bonchev–Trinajstić information content (AvgIpc) is 1.88. The number of hydrogen-bond acceptors (Lipinski definition) is 3. The molecule has 58 valence electrons. The number of carbonyl (C=O) groups excluding carboxylic acids is 1. The molecule has 10 heavy (non-hydrogen) atoms. The molecule has 0 saturated heterocycles. The third-order valence-corrected chi connectivity index (χ3v) is 1.74. The van der Waals surface area contributed by atoms with E-state index in [1.807, 2.05) is 0 Å². The molecule has 0 saturated carbocycles. The topological polar surface area (TPSA) is 26.3 Å². The second-order valence-corrected chi connectivity index (χ2v) is 2.37. The Hall–Kier alpha value is -0.510. The molecule has 0 atom stereocenters. The van der Waals surface area contributed by atoms with Crippen molar-refractivity contribution in [2.24, 2.45) is 0 Å². The zero-order valence-corrected chi connectivity index (χ0v) is 6.92. The number of esters is 1. The van der Waals surface area contributed by atoms with Crippen LogP contribution in [0.15, 0.2) is 10.7 Å². The first-order chi connectivity index (χ1) is 4.63. The Labute approximate surface area is 63.4 Å². The summed E-state index contributed by atoms with van der Waals surface area (Å²) in [4.78, 5) is 10.7. The SMILES string of the molecule is COC(=O)/C(SC)=C(/C)F. The van der Waals surface area contributed by atoms with Gasteiger partial charge in [0.25, 0.3) is 0 Å². The van der Waals surface area contributed by atoms with Gasteiger partial charge in [-0.1, -0.05) is 0 Å². The molecule has 0 aromatic heterocycles. The lowest BCUT2D eigenvalue weighted by Crippen LogP contribution is -2.02. The standard InChI is InChI=1S/C6H9FO2S/c1-4(7)5(10-3)6(8)9-2/h1-3H3/b5-4+. The highest BCUT2D eigenvalue weighted by Gasteiger charge is 2.11. The van der Waals surface area contributed by atoms with Crippen molar-refractivity contribution in [3.63, 3.8) is 0 Å². The molecule has 0 aliphatic carbocycles. The molecule has 0 aromatic carbocycles. The molecule has 0 rings (SSSR count). The van der Waals surface area contributed by atoms with E-state index in [0.29, 0.717) is 0 Å². The molecule has 0 unspecified atom stereocenters. The van der Waals surface area contributed by atoms with Crippen LogP contribution in [0.4, 0.5) is 4.39 Å². The van der Waals surface area contributed by atoms with Crippen LogP contribution in [-0.2, 0) is 9.53 Å². The van der Waals surface area contributed by atoms with Crippen LogP contribution in [-0.4, -0.2) is 19.3 Å². The Morgan fingerprint density at radius 3 is 2.20 bits per heavy atom. The number of methoxy groups -OCH3 is 1. The molecule has 0 aromatic rings. The Kier molecular flexibility index (Phi) is 4.11. The van der Waals surface area contributed by atoms with Gasteiger partial charge in [0.2, 0.25) is 0 Å². The zero-order valence-electron chi connectivity index (χ0n) is 6.10. The van der Waals surface area contributed by atoms with Crippen molar-refractivity contribution in [3.05, 3.63) is 10.7 Å². The van der Waals surface area contributed by atoms with Gasteiger partial charge in [-0.3, -0.25) is 0 Å². The lowest BCUT2D eigenvalue weighted by Gasteiger charge is -1.99. The largest absolute Gasteiger partial charge is 0.465 e. The van der Waals surface area contributed by atoms with Crippen molar-refractivity contribution in [1.82, 2.24) is 0 Å². The molecular weight excluding hydrogens is 155 g/mol. The van der Waals surface area contributed by atoms with Gasteiger partial charge in [0.1, 0.15) is 10.7 Å². The third kappa shape index (κ3) is 2.39. The summed E-state index contributed by atoms with van der Waals surface area (Å²) in [5.74, 6) is -1.12. The van der Waals surface area contributed by atoms with Crippen molar-refractivity contribution in [2.45, 2.75) is 6.92 Å². The summed E-state index contributed by atoms with van der Waals surface area (Å²) in [7, 11) is 1.22.